The number of aliphatic hydroxyl groups is 2. The molecular formula is C17H24N4O2. The minimum absolute atomic E-state index is 0.261. The lowest BCUT2D eigenvalue weighted by Crippen LogP contribution is -2.23. The number of nitrogens with two attached hydrogens (primary N) is 1. The molecule has 0 aromatic heterocycles. The summed E-state index contributed by atoms with van der Waals surface area (Å²) in [5.41, 5.74) is 11.4. The summed E-state index contributed by atoms with van der Waals surface area (Å²) in [5.74, 6) is 0. The van der Waals surface area contributed by atoms with Gasteiger partial charge in [0.1, 0.15) is 0 Å². The van der Waals surface area contributed by atoms with E-state index in [4.69, 9.17) is 10.8 Å². The van der Waals surface area contributed by atoms with Crippen LogP contribution in [0.2, 0.25) is 0 Å². The van der Waals surface area contributed by atoms with Crippen LogP contribution < -0.4 is 21.7 Å². The van der Waals surface area contributed by atoms with Gasteiger partial charge in [0, 0.05) is 54.5 Å². The SMILES string of the molecule is CNc1ccc(-c2cc(N)ccc2NCC(O)CO)c(NC)c1. The number of benzene rings is 2. The molecule has 0 aliphatic carbocycles. The molecule has 6 nitrogen and oxygen atoms in total. The molecule has 0 bridgehead atoms. The zero-order chi connectivity index (χ0) is 16.8. The normalized spacial score (nSPS) is 11.8. The number of nitrogens with one attached hydrogen (secondary N) is 3. The molecule has 7 N–H and O–H groups in total. The van der Waals surface area contributed by atoms with Gasteiger partial charge in [0.2, 0.25) is 0 Å². The van der Waals surface area contributed by atoms with Crippen molar-refractivity contribution in [2.45, 2.75) is 6.10 Å². The highest BCUT2D eigenvalue weighted by molar-refractivity contribution is 5.89. The van der Waals surface area contributed by atoms with Crippen LogP contribution in [-0.2, 0) is 0 Å². The molecule has 1 unspecified atom stereocenters. The van der Waals surface area contributed by atoms with Crippen LogP contribution in [-0.4, -0.2) is 43.6 Å². The zero-order valence-electron chi connectivity index (χ0n) is 13.4. The summed E-state index contributed by atoms with van der Waals surface area (Å²) in [6, 6.07) is 11.6. The van der Waals surface area contributed by atoms with Crippen LogP contribution in [0.4, 0.5) is 22.7 Å². The largest absolute Gasteiger partial charge is 0.399 e. The first-order chi connectivity index (χ1) is 11.1. The second-order valence-corrected chi connectivity index (χ2v) is 5.28. The fraction of sp³-hybridized carbons (Fsp3) is 0.294. The quantitative estimate of drug-likeness (QED) is 0.435. The van der Waals surface area contributed by atoms with E-state index in [0.29, 0.717) is 5.69 Å². The Hall–Kier alpha value is -2.44. The Labute approximate surface area is 136 Å². The highest BCUT2D eigenvalue weighted by Gasteiger charge is 2.12. The van der Waals surface area contributed by atoms with Crippen molar-refractivity contribution in [2.75, 3.05) is 48.9 Å². The van der Waals surface area contributed by atoms with Crippen LogP contribution >= 0.6 is 0 Å². The van der Waals surface area contributed by atoms with Crippen LogP contribution in [0.3, 0.4) is 0 Å². The maximum Gasteiger partial charge on any atom is 0.0942 e. The van der Waals surface area contributed by atoms with Gasteiger partial charge < -0.3 is 31.9 Å². The minimum Gasteiger partial charge on any atom is -0.399 e. The van der Waals surface area contributed by atoms with Gasteiger partial charge in [-0.25, -0.2) is 0 Å². The molecule has 0 heterocycles. The second-order valence-electron chi connectivity index (χ2n) is 5.28. The Morgan fingerprint density at radius 3 is 2.43 bits per heavy atom. The van der Waals surface area contributed by atoms with Crippen LogP contribution in [0.25, 0.3) is 11.1 Å². The first kappa shape index (κ1) is 16.9. The molecule has 124 valence electrons. The summed E-state index contributed by atoms with van der Waals surface area (Å²) >= 11 is 0. The molecular weight excluding hydrogens is 292 g/mol. The maximum atomic E-state index is 9.55. The summed E-state index contributed by atoms with van der Waals surface area (Å²) in [4.78, 5) is 0. The molecule has 0 amide bonds. The molecule has 0 radical (unpaired) electrons. The first-order valence-corrected chi connectivity index (χ1v) is 7.51. The van der Waals surface area contributed by atoms with Crippen LogP contribution in [0, 0.1) is 0 Å². The number of aliphatic hydroxyl groups excluding tert-OH is 2. The van der Waals surface area contributed by atoms with Crippen LogP contribution in [0.15, 0.2) is 36.4 Å². The van der Waals surface area contributed by atoms with E-state index >= 15 is 0 Å². The summed E-state index contributed by atoms with van der Waals surface area (Å²) in [6.07, 6.45) is -0.809. The predicted octanol–water partition coefficient (Wildman–Crippen LogP) is 1.78. The van der Waals surface area contributed by atoms with E-state index in [1.807, 2.05) is 44.4 Å². The molecule has 0 saturated heterocycles. The van der Waals surface area contributed by atoms with Crippen molar-refractivity contribution in [2.24, 2.45) is 0 Å². The van der Waals surface area contributed by atoms with Gasteiger partial charge in [-0.3, -0.25) is 0 Å². The van der Waals surface area contributed by atoms with Gasteiger partial charge in [-0.2, -0.15) is 0 Å². The van der Waals surface area contributed by atoms with Gasteiger partial charge in [-0.05, 0) is 30.3 Å². The fourth-order valence-corrected chi connectivity index (χ4v) is 2.37. The number of rotatable bonds is 7. The van der Waals surface area contributed by atoms with E-state index in [0.717, 1.165) is 28.2 Å². The molecule has 2 rings (SSSR count). The number of hydrogen-bond donors (Lipinski definition) is 6. The van der Waals surface area contributed by atoms with Crippen molar-refractivity contribution in [3.8, 4) is 11.1 Å². The smallest absolute Gasteiger partial charge is 0.0942 e. The molecule has 0 fully saturated rings. The van der Waals surface area contributed by atoms with Crippen molar-refractivity contribution in [1.29, 1.82) is 0 Å². The monoisotopic (exact) mass is 316 g/mol. The topological polar surface area (TPSA) is 103 Å². The van der Waals surface area contributed by atoms with E-state index < -0.39 is 6.10 Å². The van der Waals surface area contributed by atoms with Crippen molar-refractivity contribution in [3.05, 3.63) is 36.4 Å². The maximum absolute atomic E-state index is 9.55. The second kappa shape index (κ2) is 7.71. The standard InChI is InChI=1S/C17H24N4O2/c1-19-12-4-5-14(17(8-12)20-2)15-7-11(18)3-6-16(15)21-9-13(23)10-22/h3-8,13,19-23H,9-10,18H2,1-2H3. The van der Waals surface area contributed by atoms with Gasteiger partial charge in [-0.1, -0.05) is 6.07 Å². The lowest BCUT2D eigenvalue weighted by atomic mass is 10.00. The van der Waals surface area contributed by atoms with E-state index in [1.54, 1.807) is 6.07 Å². The minimum atomic E-state index is -0.809. The van der Waals surface area contributed by atoms with Crippen molar-refractivity contribution < 1.29 is 10.2 Å². The Kier molecular flexibility index (Phi) is 5.67. The van der Waals surface area contributed by atoms with Crippen molar-refractivity contribution >= 4 is 22.7 Å². The van der Waals surface area contributed by atoms with Gasteiger partial charge >= 0.3 is 0 Å². The third kappa shape index (κ3) is 4.06. The number of nitrogen functional groups attached to an aromatic ring is 1. The Morgan fingerprint density at radius 1 is 1.00 bits per heavy atom. The van der Waals surface area contributed by atoms with Gasteiger partial charge in [0.25, 0.3) is 0 Å². The van der Waals surface area contributed by atoms with Crippen LogP contribution in [0.1, 0.15) is 0 Å². The number of anilines is 4. The predicted molar refractivity (Wildman–Crippen MR) is 97.0 cm³/mol. The number of hydrogen-bond acceptors (Lipinski definition) is 6. The third-order valence-electron chi connectivity index (χ3n) is 3.65. The highest BCUT2D eigenvalue weighted by atomic mass is 16.3. The highest BCUT2D eigenvalue weighted by Crippen LogP contribution is 2.36. The molecule has 0 spiro atoms. The lowest BCUT2D eigenvalue weighted by Gasteiger charge is -2.18. The molecule has 0 saturated carbocycles. The van der Waals surface area contributed by atoms with E-state index in [1.165, 1.54) is 0 Å². The van der Waals surface area contributed by atoms with Gasteiger partial charge in [0.05, 0.1) is 12.7 Å². The molecule has 23 heavy (non-hydrogen) atoms. The zero-order valence-corrected chi connectivity index (χ0v) is 13.4. The molecule has 2 aromatic rings. The summed E-state index contributed by atoms with van der Waals surface area (Å²) in [5, 5.41) is 28.0. The van der Waals surface area contributed by atoms with Gasteiger partial charge in [-0.15, -0.1) is 0 Å². The molecule has 2 aromatic carbocycles. The van der Waals surface area contributed by atoms with Gasteiger partial charge in [0.15, 0.2) is 0 Å². The lowest BCUT2D eigenvalue weighted by molar-refractivity contribution is 0.105. The first-order valence-electron chi connectivity index (χ1n) is 7.51. The molecule has 0 aliphatic rings. The third-order valence-corrected chi connectivity index (χ3v) is 3.65. The summed E-state index contributed by atoms with van der Waals surface area (Å²) in [7, 11) is 3.74. The average Bonchev–Trinajstić information content (AvgIpc) is 2.59. The molecule has 6 heteroatoms. The average molecular weight is 316 g/mol. The van der Waals surface area contributed by atoms with E-state index in [9.17, 15) is 5.11 Å². The Bertz CT molecular complexity index is 661. The Balaban J connectivity index is 2.43. The molecule has 1 atom stereocenters. The fourth-order valence-electron chi connectivity index (χ4n) is 2.37. The molecule has 0 aliphatic heterocycles. The summed E-state index contributed by atoms with van der Waals surface area (Å²) < 4.78 is 0. The summed E-state index contributed by atoms with van der Waals surface area (Å²) in [6.45, 7) is -0.0210. The van der Waals surface area contributed by atoms with E-state index in [-0.39, 0.29) is 13.2 Å². The van der Waals surface area contributed by atoms with Crippen LogP contribution in [0.5, 0.6) is 0 Å². The van der Waals surface area contributed by atoms with Crippen molar-refractivity contribution in [1.82, 2.24) is 0 Å². The Morgan fingerprint density at radius 2 is 1.78 bits per heavy atom. The van der Waals surface area contributed by atoms with E-state index in [2.05, 4.69) is 16.0 Å². The van der Waals surface area contributed by atoms with Crippen molar-refractivity contribution in [3.63, 3.8) is 0 Å².